The summed E-state index contributed by atoms with van der Waals surface area (Å²) in [6, 6.07) is 25.5. The Morgan fingerprint density at radius 3 is 2.27 bits per heavy atom. The highest BCUT2D eigenvalue weighted by Gasteiger charge is 2.12. The van der Waals surface area contributed by atoms with Crippen LogP contribution in [0.25, 0.3) is 33.4 Å². The number of para-hydroxylation sites is 1. The lowest BCUT2D eigenvalue weighted by Gasteiger charge is -2.11. The van der Waals surface area contributed by atoms with Crippen LogP contribution >= 0.6 is 0 Å². The summed E-state index contributed by atoms with van der Waals surface area (Å²) in [7, 11) is 4.12. The predicted molar refractivity (Wildman–Crippen MR) is 110 cm³/mol. The Morgan fingerprint density at radius 2 is 1.50 bits per heavy atom. The van der Waals surface area contributed by atoms with E-state index in [0.717, 1.165) is 11.0 Å². The average Bonchev–Trinajstić information content (AvgIpc) is 3.18. The molecule has 3 nitrogen and oxygen atoms in total. The third kappa shape index (κ3) is 2.17. The minimum atomic E-state index is 1.03. The molecule has 0 amide bonds. The van der Waals surface area contributed by atoms with Gasteiger partial charge in [0.05, 0.1) is 16.6 Å². The van der Waals surface area contributed by atoms with E-state index in [-0.39, 0.29) is 0 Å². The van der Waals surface area contributed by atoms with Crippen molar-refractivity contribution in [1.29, 1.82) is 0 Å². The van der Waals surface area contributed by atoms with E-state index in [9.17, 15) is 0 Å². The molecule has 0 atom stereocenters. The molecule has 0 saturated heterocycles. The van der Waals surface area contributed by atoms with Gasteiger partial charge in [0.1, 0.15) is 0 Å². The van der Waals surface area contributed by atoms with Crippen LogP contribution in [0.4, 0.5) is 5.69 Å². The van der Waals surface area contributed by atoms with Crippen LogP contribution in [0, 0.1) is 0 Å². The fourth-order valence-corrected chi connectivity index (χ4v) is 3.66. The van der Waals surface area contributed by atoms with Crippen LogP contribution in [0.15, 0.2) is 72.8 Å². The molecule has 0 N–H and O–H groups in total. The Bertz CT molecular complexity index is 1290. The molecule has 3 heteroatoms. The van der Waals surface area contributed by atoms with Gasteiger partial charge in [-0.2, -0.15) is 5.10 Å². The fourth-order valence-electron chi connectivity index (χ4n) is 3.66. The van der Waals surface area contributed by atoms with Gasteiger partial charge in [0.15, 0.2) is 0 Å². The summed E-state index contributed by atoms with van der Waals surface area (Å²) in [4.78, 5) is 2.12. The maximum Gasteiger partial charge on any atom is 0.0934 e. The maximum absolute atomic E-state index is 4.83. The van der Waals surface area contributed by atoms with E-state index >= 15 is 0 Å². The Morgan fingerprint density at radius 1 is 0.808 bits per heavy atom. The fraction of sp³-hybridized carbons (Fsp3) is 0.0870. The standard InChI is InChI=1S/C23H19N3/c1-25(2)17-13-11-16(12-14-17)15-20-18-7-4-6-10-22(18)26-23(20)19-8-3-5-9-21(19)24-26/h3-15H,1-2H3/b20-15-. The molecule has 26 heavy (non-hydrogen) atoms. The van der Waals surface area contributed by atoms with Crippen molar-refractivity contribution in [3.05, 3.63) is 83.6 Å². The van der Waals surface area contributed by atoms with Crippen molar-refractivity contribution in [3.8, 4) is 0 Å². The first-order chi connectivity index (χ1) is 12.7. The van der Waals surface area contributed by atoms with E-state index < -0.39 is 0 Å². The van der Waals surface area contributed by atoms with Gasteiger partial charge in [0, 0.05) is 35.8 Å². The van der Waals surface area contributed by atoms with Gasteiger partial charge in [-0.1, -0.05) is 48.5 Å². The van der Waals surface area contributed by atoms with E-state index in [1.165, 1.54) is 32.8 Å². The van der Waals surface area contributed by atoms with Crippen molar-refractivity contribution in [1.82, 2.24) is 9.61 Å². The Hall–Kier alpha value is -3.33. The number of rotatable bonds is 2. The first-order valence-corrected chi connectivity index (χ1v) is 8.79. The second kappa shape index (κ2) is 5.60. The van der Waals surface area contributed by atoms with E-state index in [2.05, 4.69) is 96.3 Å². The van der Waals surface area contributed by atoms with E-state index in [1.54, 1.807) is 0 Å². The quantitative estimate of drug-likeness (QED) is 0.480. The van der Waals surface area contributed by atoms with Gasteiger partial charge < -0.3 is 4.90 Å². The van der Waals surface area contributed by atoms with Gasteiger partial charge in [-0.15, -0.1) is 0 Å². The van der Waals surface area contributed by atoms with Crippen molar-refractivity contribution in [3.63, 3.8) is 0 Å². The summed E-state index contributed by atoms with van der Waals surface area (Å²) in [5, 5.41) is 8.49. The summed E-state index contributed by atoms with van der Waals surface area (Å²) < 4.78 is 2.08. The van der Waals surface area contributed by atoms with Crippen LogP contribution in [0.5, 0.6) is 0 Å². The molecule has 126 valence electrons. The number of nitrogens with zero attached hydrogens (tertiary/aromatic N) is 3. The second-order valence-electron chi connectivity index (χ2n) is 6.84. The van der Waals surface area contributed by atoms with Crippen molar-refractivity contribution in [2.45, 2.75) is 0 Å². The lowest BCUT2D eigenvalue weighted by atomic mass is 10.1. The van der Waals surface area contributed by atoms with E-state index in [1.807, 2.05) is 6.07 Å². The van der Waals surface area contributed by atoms with Gasteiger partial charge in [0.25, 0.3) is 0 Å². The highest BCUT2D eigenvalue weighted by molar-refractivity contribution is 6.03. The molecule has 2 aromatic heterocycles. The minimum Gasteiger partial charge on any atom is -0.378 e. The molecule has 0 radical (unpaired) electrons. The molecule has 0 bridgehead atoms. The second-order valence-corrected chi connectivity index (χ2v) is 6.84. The SMILES string of the molecule is CN(C)c1ccc(/C=c2/c3ccccc3n3nc4ccccc4c23)cc1. The Kier molecular flexibility index (Phi) is 3.22. The van der Waals surface area contributed by atoms with Crippen molar-refractivity contribution in [2.24, 2.45) is 0 Å². The minimum absolute atomic E-state index is 1.03. The van der Waals surface area contributed by atoms with Crippen LogP contribution in [0.3, 0.4) is 0 Å². The maximum atomic E-state index is 4.83. The topological polar surface area (TPSA) is 20.5 Å². The number of aromatic nitrogens is 2. The van der Waals surface area contributed by atoms with Crippen LogP contribution in [-0.4, -0.2) is 23.7 Å². The predicted octanol–water partition coefficient (Wildman–Crippen LogP) is 4.25. The highest BCUT2D eigenvalue weighted by atomic mass is 15.2. The third-order valence-corrected chi connectivity index (χ3v) is 4.98. The van der Waals surface area contributed by atoms with Gasteiger partial charge >= 0.3 is 0 Å². The summed E-state index contributed by atoms with van der Waals surface area (Å²) in [5.41, 5.74) is 5.76. The summed E-state index contributed by atoms with van der Waals surface area (Å²) in [6.45, 7) is 0. The van der Waals surface area contributed by atoms with Crippen LogP contribution in [-0.2, 0) is 0 Å². The van der Waals surface area contributed by atoms with Crippen molar-refractivity contribution < 1.29 is 0 Å². The normalized spacial score (nSPS) is 12.5. The highest BCUT2D eigenvalue weighted by Crippen LogP contribution is 2.23. The lowest BCUT2D eigenvalue weighted by molar-refractivity contribution is 1.04. The summed E-state index contributed by atoms with van der Waals surface area (Å²) in [6.07, 6.45) is 2.27. The molecular weight excluding hydrogens is 318 g/mol. The number of benzene rings is 3. The summed E-state index contributed by atoms with van der Waals surface area (Å²) in [5.74, 6) is 0. The molecule has 0 aliphatic heterocycles. The Labute approximate surface area is 151 Å². The molecule has 5 rings (SSSR count). The van der Waals surface area contributed by atoms with Gasteiger partial charge in [-0.05, 0) is 35.9 Å². The number of anilines is 1. The summed E-state index contributed by atoms with van der Waals surface area (Å²) >= 11 is 0. The molecule has 0 unspecified atom stereocenters. The van der Waals surface area contributed by atoms with Crippen LogP contribution in [0.1, 0.15) is 5.56 Å². The average molecular weight is 337 g/mol. The molecule has 0 saturated carbocycles. The monoisotopic (exact) mass is 337 g/mol. The molecule has 0 fully saturated rings. The van der Waals surface area contributed by atoms with Gasteiger partial charge in [0.2, 0.25) is 0 Å². The zero-order chi connectivity index (χ0) is 17.7. The molecule has 5 aromatic rings. The number of hydrogen-bond donors (Lipinski definition) is 0. The smallest absolute Gasteiger partial charge is 0.0934 e. The first kappa shape index (κ1) is 15.0. The third-order valence-electron chi connectivity index (χ3n) is 4.98. The van der Waals surface area contributed by atoms with E-state index in [0.29, 0.717) is 0 Å². The van der Waals surface area contributed by atoms with Crippen LogP contribution in [0.2, 0.25) is 0 Å². The zero-order valence-electron chi connectivity index (χ0n) is 14.8. The molecule has 0 spiro atoms. The number of hydrogen-bond acceptors (Lipinski definition) is 2. The van der Waals surface area contributed by atoms with E-state index in [4.69, 9.17) is 5.10 Å². The zero-order valence-corrected chi connectivity index (χ0v) is 14.8. The molecule has 0 aliphatic rings. The molecule has 0 aliphatic carbocycles. The Balaban J connectivity index is 1.87. The largest absolute Gasteiger partial charge is 0.378 e. The number of fused-ring (bicyclic) bond motifs is 5. The molecule has 2 heterocycles. The van der Waals surface area contributed by atoms with Crippen molar-refractivity contribution >= 4 is 39.1 Å². The van der Waals surface area contributed by atoms with Gasteiger partial charge in [-0.3, -0.25) is 0 Å². The lowest BCUT2D eigenvalue weighted by Crippen LogP contribution is -2.08. The van der Waals surface area contributed by atoms with Gasteiger partial charge in [-0.25, -0.2) is 4.52 Å². The first-order valence-electron chi connectivity index (χ1n) is 8.79. The van der Waals surface area contributed by atoms with Crippen LogP contribution < -0.4 is 10.1 Å². The molecular formula is C23H19N3. The van der Waals surface area contributed by atoms with Crippen molar-refractivity contribution in [2.75, 3.05) is 19.0 Å². The molecule has 3 aromatic carbocycles.